The minimum Gasteiger partial charge on any atom is -0.508 e. The Labute approximate surface area is 89.1 Å². The van der Waals surface area contributed by atoms with E-state index < -0.39 is 12.4 Å². The van der Waals surface area contributed by atoms with Gasteiger partial charge in [0, 0.05) is 19.8 Å². The summed E-state index contributed by atoms with van der Waals surface area (Å²) in [5.74, 6) is 0.0344. The molecule has 1 rings (SSSR count). The molecule has 4 nitrogen and oxygen atoms in total. The summed E-state index contributed by atoms with van der Waals surface area (Å²) in [5, 5.41) is 19.4. The largest absolute Gasteiger partial charge is 0.508 e. The predicted molar refractivity (Wildman–Crippen MR) is 55.6 cm³/mol. The second-order valence-corrected chi connectivity index (χ2v) is 3.35. The summed E-state index contributed by atoms with van der Waals surface area (Å²) in [6.07, 6.45) is -1.78. The molecule has 0 aromatic heterocycles. The first-order chi connectivity index (χ1) is 7.10. The molecule has 15 heavy (non-hydrogen) atoms. The molecule has 1 aromatic rings. The van der Waals surface area contributed by atoms with E-state index in [0.717, 1.165) is 5.56 Å². The zero-order valence-electron chi connectivity index (χ0n) is 9.10. The van der Waals surface area contributed by atoms with Crippen molar-refractivity contribution in [3.63, 3.8) is 0 Å². The van der Waals surface area contributed by atoms with Crippen molar-refractivity contribution >= 4 is 0 Å². The van der Waals surface area contributed by atoms with Gasteiger partial charge in [0.1, 0.15) is 11.9 Å². The fraction of sp³-hybridized carbons (Fsp3) is 0.455. The Balaban J connectivity index is 2.98. The van der Waals surface area contributed by atoms with Crippen LogP contribution in [0.1, 0.15) is 17.2 Å². The van der Waals surface area contributed by atoms with Gasteiger partial charge in [-0.2, -0.15) is 0 Å². The second-order valence-electron chi connectivity index (χ2n) is 3.35. The summed E-state index contributed by atoms with van der Waals surface area (Å²) >= 11 is 0. The van der Waals surface area contributed by atoms with E-state index in [9.17, 15) is 10.2 Å². The monoisotopic (exact) mass is 212 g/mol. The second kappa shape index (κ2) is 5.11. The molecule has 0 spiro atoms. The summed E-state index contributed by atoms with van der Waals surface area (Å²) in [6, 6.07) is 5.00. The standard InChI is InChI=1S/C11H16O4/c1-7-4-5-9(12)8(6-7)10(13)11(14-2)15-3/h4-6,10-13H,1-3H3. The third-order valence-corrected chi connectivity index (χ3v) is 2.22. The van der Waals surface area contributed by atoms with Gasteiger partial charge in [0.15, 0.2) is 6.29 Å². The van der Waals surface area contributed by atoms with E-state index in [4.69, 9.17) is 9.47 Å². The fourth-order valence-electron chi connectivity index (χ4n) is 1.41. The highest BCUT2D eigenvalue weighted by molar-refractivity contribution is 5.37. The number of ether oxygens (including phenoxy) is 2. The number of aliphatic hydroxyl groups excluding tert-OH is 1. The SMILES string of the molecule is COC(OC)C(O)c1cc(C)ccc1O. The van der Waals surface area contributed by atoms with Crippen LogP contribution in [0.2, 0.25) is 0 Å². The quantitative estimate of drug-likeness (QED) is 0.740. The Morgan fingerprint density at radius 3 is 2.33 bits per heavy atom. The maximum absolute atomic E-state index is 9.88. The number of phenols is 1. The molecule has 0 saturated carbocycles. The Bertz CT molecular complexity index is 320. The van der Waals surface area contributed by atoms with E-state index in [1.165, 1.54) is 20.3 Å². The van der Waals surface area contributed by atoms with Gasteiger partial charge in [0.05, 0.1) is 0 Å². The number of aryl methyl sites for hydroxylation is 1. The molecule has 0 radical (unpaired) electrons. The van der Waals surface area contributed by atoms with Crippen LogP contribution >= 0.6 is 0 Å². The molecule has 84 valence electrons. The summed E-state index contributed by atoms with van der Waals surface area (Å²) in [5.41, 5.74) is 1.36. The molecule has 2 N–H and O–H groups in total. The van der Waals surface area contributed by atoms with Gasteiger partial charge in [-0.15, -0.1) is 0 Å². The zero-order chi connectivity index (χ0) is 11.4. The first-order valence-electron chi connectivity index (χ1n) is 4.63. The van der Waals surface area contributed by atoms with E-state index >= 15 is 0 Å². The van der Waals surface area contributed by atoms with Gasteiger partial charge in [0.2, 0.25) is 0 Å². The molecule has 4 heteroatoms. The van der Waals surface area contributed by atoms with Crippen LogP contribution in [0, 0.1) is 6.92 Å². The van der Waals surface area contributed by atoms with Crippen LogP contribution in [-0.2, 0) is 9.47 Å². The number of methoxy groups -OCH3 is 2. The average molecular weight is 212 g/mol. The van der Waals surface area contributed by atoms with Crippen LogP contribution in [0.3, 0.4) is 0 Å². The van der Waals surface area contributed by atoms with Gasteiger partial charge < -0.3 is 19.7 Å². The smallest absolute Gasteiger partial charge is 0.187 e. The van der Waals surface area contributed by atoms with Gasteiger partial charge in [-0.3, -0.25) is 0 Å². The molecule has 0 heterocycles. The normalized spacial score (nSPS) is 13.1. The zero-order valence-corrected chi connectivity index (χ0v) is 9.10. The molecule has 0 aliphatic heterocycles. The molecule has 0 aliphatic carbocycles. The lowest BCUT2D eigenvalue weighted by Gasteiger charge is -2.21. The third kappa shape index (κ3) is 2.68. The number of phenolic OH excluding ortho intramolecular Hbond substituents is 1. The van der Waals surface area contributed by atoms with Crippen LogP contribution in [0.25, 0.3) is 0 Å². The molecule has 1 atom stereocenters. The fourth-order valence-corrected chi connectivity index (χ4v) is 1.41. The van der Waals surface area contributed by atoms with E-state index in [2.05, 4.69) is 0 Å². The third-order valence-electron chi connectivity index (χ3n) is 2.22. The molecule has 0 saturated heterocycles. The molecule has 0 aliphatic rings. The number of aliphatic hydroxyl groups is 1. The van der Waals surface area contributed by atoms with E-state index in [0.29, 0.717) is 5.56 Å². The number of hydrogen-bond acceptors (Lipinski definition) is 4. The van der Waals surface area contributed by atoms with E-state index in [1.807, 2.05) is 6.92 Å². The Hall–Kier alpha value is -1.10. The van der Waals surface area contributed by atoms with Crippen molar-refractivity contribution in [2.24, 2.45) is 0 Å². The van der Waals surface area contributed by atoms with Crippen LogP contribution in [-0.4, -0.2) is 30.7 Å². The van der Waals surface area contributed by atoms with Crippen molar-refractivity contribution in [2.45, 2.75) is 19.3 Å². The Morgan fingerprint density at radius 1 is 1.20 bits per heavy atom. The number of rotatable bonds is 4. The first kappa shape index (κ1) is 12.0. The average Bonchev–Trinajstić information content (AvgIpc) is 2.23. The van der Waals surface area contributed by atoms with Crippen molar-refractivity contribution in [2.75, 3.05) is 14.2 Å². The van der Waals surface area contributed by atoms with Crippen LogP contribution in [0.4, 0.5) is 0 Å². The van der Waals surface area contributed by atoms with Gasteiger partial charge in [0.25, 0.3) is 0 Å². The Morgan fingerprint density at radius 2 is 1.80 bits per heavy atom. The van der Waals surface area contributed by atoms with Crippen molar-refractivity contribution in [3.8, 4) is 5.75 Å². The van der Waals surface area contributed by atoms with Gasteiger partial charge in [-0.05, 0) is 19.1 Å². The summed E-state index contributed by atoms with van der Waals surface area (Å²) < 4.78 is 9.85. The lowest BCUT2D eigenvalue weighted by Crippen LogP contribution is -2.22. The number of benzene rings is 1. The molecule has 1 unspecified atom stereocenters. The van der Waals surface area contributed by atoms with Gasteiger partial charge in [-0.25, -0.2) is 0 Å². The molecule has 0 bridgehead atoms. The van der Waals surface area contributed by atoms with E-state index in [1.54, 1.807) is 12.1 Å². The highest BCUT2D eigenvalue weighted by atomic mass is 16.7. The molecular weight excluding hydrogens is 196 g/mol. The van der Waals surface area contributed by atoms with Crippen LogP contribution in [0.5, 0.6) is 5.75 Å². The number of aromatic hydroxyl groups is 1. The highest BCUT2D eigenvalue weighted by Crippen LogP contribution is 2.28. The Kier molecular flexibility index (Phi) is 4.08. The maximum Gasteiger partial charge on any atom is 0.187 e. The summed E-state index contributed by atoms with van der Waals surface area (Å²) in [6.45, 7) is 1.88. The van der Waals surface area contributed by atoms with Crippen molar-refractivity contribution in [3.05, 3.63) is 29.3 Å². The van der Waals surface area contributed by atoms with Gasteiger partial charge in [-0.1, -0.05) is 11.6 Å². The minimum absolute atomic E-state index is 0.0344. The first-order valence-corrected chi connectivity index (χ1v) is 4.63. The maximum atomic E-state index is 9.88. The van der Waals surface area contributed by atoms with Crippen molar-refractivity contribution < 1.29 is 19.7 Å². The topological polar surface area (TPSA) is 58.9 Å². The highest BCUT2D eigenvalue weighted by Gasteiger charge is 2.22. The molecule has 0 amide bonds. The molecule has 1 aromatic carbocycles. The molecular formula is C11H16O4. The minimum atomic E-state index is -1.00. The summed E-state index contributed by atoms with van der Waals surface area (Å²) in [4.78, 5) is 0. The van der Waals surface area contributed by atoms with Gasteiger partial charge >= 0.3 is 0 Å². The molecule has 0 fully saturated rings. The summed E-state index contributed by atoms with van der Waals surface area (Å²) in [7, 11) is 2.87. The van der Waals surface area contributed by atoms with Crippen molar-refractivity contribution in [1.29, 1.82) is 0 Å². The lowest BCUT2D eigenvalue weighted by atomic mass is 10.0. The van der Waals surface area contributed by atoms with Crippen LogP contribution in [0.15, 0.2) is 18.2 Å². The van der Waals surface area contributed by atoms with E-state index in [-0.39, 0.29) is 5.75 Å². The van der Waals surface area contributed by atoms with Crippen LogP contribution < -0.4 is 0 Å². The predicted octanol–water partition coefficient (Wildman–Crippen LogP) is 1.35. The van der Waals surface area contributed by atoms with Crippen molar-refractivity contribution in [1.82, 2.24) is 0 Å². The number of hydrogen-bond donors (Lipinski definition) is 2. The lowest BCUT2D eigenvalue weighted by molar-refractivity contribution is -0.166.